The molecule has 0 unspecified atom stereocenters. The first kappa shape index (κ1) is 17.5. The second-order valence-electron chi connectivity index (χ2n) is 8.32. The van der Waals surface area contributed by atoms with Crippen molar-refractivity contribution in [3.63, 3.8) is 0 Å². The van der Waals surface area contributed by atoms with Crippen LogP contribution in [0, 0.1) is 5.92 Å². The molecule has 0 bridgehead atoms. The van der Waals surface area contributed by atoms with E-state index in [4.69, 9.17) is 9.52 Å². The lowest BCUT2D eigenvalue weighted by atomic mass is 9.96. The van der Waals surface area contributed by atoms with Gasteiger partial charge in [0.1, 0.15) is 11.3 Å². The van der Waals surface area contributed by atoms with E-state index in [1.165, 1.54) is 42.2 Å². The molecule has 0 radical (unpaired) electrons. The summed E-state index contributed by atoms with van der Waals surface area (Å²) in [7, 11) is 0. The van der Waals surface area contributed by atoms with Gasteiger partial charge in [0, 0.05) is 30.6 Å². The number of nitrogens with zero attached hydrogens (tertiary/aromatic N) is 1. The van der Waals surface area contributed by atoms with E-state index >= 15 is 0 Å². The van der Waals surface area contributed by atoms with Crippen molar-refractivity contribution in [3.05, 3.63) is 59.7 Å². The zero-order chi connectivity index (χ0) is 19.1. The van der Waals surface area contributed by atoms with Crippen LogP contribution in [0.4, 0.5) is 0 Å². The van der Waals surface area contributed by atoms with E-state index in [-0.39, 0.29) is 5.92 Å². The van der Waals surface area contributed by atoms with Crippen LogP contribution in [0.3, 0.4) is 0 Å². The minimum absolute atomic E-state index is 0.205. The minimum Gasteiger partial charge on any atom is -0.481 e. The Hall–Kier alpha value is -2.59. The van der Waals surface area contributed by atoms with Gasteiger partial charge in [0.2, 0.25) is 0 Å². The van der Waals surface area contributed by atoms with Crippen LogP contribution >= 0.6 is 0 Å². The van der Waals surface area contributed by atoms with Gasteiger partial charge in [-0.15, -0.1) is 0 Å². The standard InChI is InChI=1S/C24H25NO3/c26-24(27)21-14-25(15-21)13-16-5-7-18(8-6-16)23-12-20-11-19(9-10-22(20)28-23)17-3-1-2-4-17/h5-12,17,21H,1-4,13-15H2,(H,26,27). The number of rotatable bonds is 5. The number of benzene rings is 2. The van der Waals surface area contributed by atoms with Gasteiger partial charge in [-0.05, 0) is 48.1 Å². The van der Waals surface area contributed by atoms with Gasteiger partial charge in [-0.25, -0.2) is 0 Å². The van der Waals surface area contributed by atoms with Gasteiger partial charge < -0.3 is 9.52 Å². The first-order valence-electron chi connectivity index (χ1n) is 10.2. The molecule has 3 aromatic rings. The summed E-state index contributed by atoms with van der Waals surface area (Å²) in [6, 6.07) is 17.2. The zero-order valence-electron chi connectivity index (χ0n) is 15.9. The minimum atomic E-state index is -0.687. The van der Waals surface area contributed by atoms with Gasteiger partial charge in [0.05, 0.1) is 5.92 Å². The second kappa shape index (κ2) is 7.10. The summed E-state index contributed by atoms with van der Waals surface area (Å²) in [5.41, 5.74) is 4.67. The number of aliphatic carboxylic acids is 1. The zero-order valence-corrected chi connectivity index (χ0v) is 15.9. The molecule has 1 aliphatic heterocycles. The first-order valence-corrected chi connectivity index (χ1v) is 10.2. The summed E-state index contributed by atoms with van der Waals surface area (Å²) < 4.78 is 6.09. The van der Waals surface area contributed by atoms with Crippen molar-refractivity contribution in [2.75, 3.05) is 13.1 Å². The highest BCUT2D eigenvalue weighted by atomic mass is 16.4. The summed E-state index contributed by atoms with van der Waals surface area (Å²) in [5.74, 6) is 0.723. The fourth-order valence-corrected chi connectivity index (χ4v) is 4.60. The van der Waals surface area contributed by atoms with Gasteiger partial charge >= 0.3 is 5.97 Å². The van der Waals surface area contributed by atoms with Crippen molar-refractivity contribution in [2.24, 2.45) is 5.92 Å². The molecule has 1 aromatic heterocycles. The molecule has 4 heteroatoms. The average molecular weight is 375 g/mol. The topological polar surface area (TPSA) is 53.7 Å². The average Bonchev–Trinajstić information content (AvgIpc) is 3.33. The molecule has 1 saturated carbocycles. The Bertz CT molecular complexity index is 992. The lowest BCUT2D eigenvalue weighted by Crippen LogP contribution is -2.49. The predicted molar refractivity (Wildman–Crippen MR) is 109 cm³/mol. The summed E-state index contributed by atoms with van der Waals surface area (Å²) in [6.07, 6.45) is 5.31. The maximum Gasteiger partial charge on any atom is 0.309 e. The van der Waals surface area contributed by atoms with Gasteiger partial charge in [0.15, 0.2) is 0 Å². The van der Waals surface area contributed by atoms with Crippen molar-refractivity contribution in [2.45, 2.75) is 38.1 Å². The quantitative estimate of drug-likeness (QED) is 0.660. The molecule has 0 amide bonds. The van der Waals surface area contributed by atoms with Crippen LogP contribution in [-0.4, -0.2) is 29.1 Å². The smallest absolute Gasteiger partial charge is 0.309 e. The number of fused-ring (bicyclic) bond motifs is 1. The molecule has 2 aromatic carbocycles. The van der Waals surface area contributed by atoms with Gasteiger partial charge in [-0.1, -0.05) is 43.2 Å². The van der Waals surface area contributed by atoms with E-state index in [0.29, 0.717) is 19.0 Å². The molecule has 0 atom stereocenters. The van der Waals surface area contributed by atoms with E-state index in [1.807, 2.05) is 0 Å². The van der Waals surface area contributed by atoms with Crippen LogP contribution in [0.25, 0.3) is 22.3 Å². The molecule has 1 saturated heterocycles. The highest BCUT2D eigenvalue weighted by molar-refractivity contribution is 5.83. The largest absolute Gasteiger partial charge is 0.481 e. The molecule has 2 aliphatic rings. The summed E-state index contributed by atoms with van der Waals surface area (Å²) in [6.45, 7) is 2.09. The molecule has 1 aliphatic carbocycles. The van der Waals surface area contributed by atoms with Crippen LogP contribution < -0.4 is 0 Å². The number of hydrogen-bond donors (Lipinski definition) is 1. The van der Waals surface area contributed by atoms with Crippen LogP contribution in [0.2, 0.25) is 0 Å². The van der Waals surface area contributed by atoms with Gasteiger partial charge in [-0.3, -0.25) is 9.69 Å². The summed E-state index contributed by atoms with van der Waals surface area (Å²) >= 11 is 0. The van der Waals surface area contributed by atoms with Crippen LogP contribution in [0.1, 0.15) is 42.7 Å². The maximum atomic E-state index is 10.9. The third-order valence-corrected chi connectivity index (χ3v) is 6.32. The van der Waals surface area contributed by atoms with E-state index in [2.05, 4.69) is 53.4 Å². The first-order chi connectivity index (χ1) is 13.7. The Balaban J connectivity index is 1.30. The molecule has 2 fully saturated rings. The number of furan rings is 1. The Morgan fingerprint density at radius 3 is 2.50 bits per heavy atom. The molecule has 4 nitrogen and oxygen atoms in total. The van der Waals surface area contributed by atoms with E-state index in [9.17, 15) is 4.79 Å². The Labute approximate surface area is 164 Å². The van der Waals surface area contributed by atoms with E-state index in [1.54, 1.807) is 0 Å². The van der Waals surface area contributed by atoms with Crippen molar-refractivity contribution < 1.29 is 14.3 Å². The van der Waals surface area contributed by atoms with Gasteiger partial charge in [-0.2, -0.15) is 0 Å². The monoisotopic (exact) mass is 375 g/mol. The van der Waals surface area contributed by atoms with Gasteiger partial charge in [0.25, 0.3) is 0 Å². The van der Waals surface area contributed by atoms with Crippen molar-refractivity contribution >= 4 is 16.9 Å². The Kier molecular flexibility index (Phi) is 4.44. The fraction of sp³-hybridized carbons (Fsp3) is 0.375. The number of carboxylic acid groups (broad SMARTS) is 1. The van der Waals surface area contributed by atoms with E-state index < -0.39 is 5.97 Å². The van der Waals surface area contributed by atoms with Crippen molar-refractivity contribution in [3.8, 4) is 11.3 Å². The number of carboxylic acids is 1. The van der Waals surface area contributed by atoms with E-state index in [0.717, 1.165) is 23.5 Å². The molecule has 5 rings (SSSR count). The van der Waals surface area contributed by atoms with Crippen LogP contribution in [-0.2, 0) is 11.3 Å². The molecule has 0 spiro atoms. The second-order valence-corrected chi connectivity index (χ2v) is 8.32. The summed E-state index contributed by atoms with van der Waals surface area (Å²) in [5, 5.41) is 10.2. The third kappa shape index (κ3) is 3.33. The highest BCUT2D eigenvalue weighted by Gasteiger charge is 2.32. The van der Waals surface area contributed by atoms with Crippen LogP contribution in [0.15, 0.2) is 52.9 Å². The third-order valence-electron chi connectivity index (χ3n) is 6.32. The lowest BCUT2D eigenvalue weighted by molar-refractivity contribution is -0.147. The number of likely N-dealkylation sites (tertiary alicyclic amines) is 1. The normalized spacial score (nSPS) is 18.6. The molecule has 144 valence electrons. The predicted octanol–water partition coefficient (Wildman–Crippen LogP) is 5.27. The molecular weight excluding hydrogens is 350 g/mol. The van der Waals surface area contributed by atoms with Crippen molar-refractivity contribution in [1.29, 1.82) is 0 Å². The Morgan fingerprint density at radius 2 is 1.79 bits per heavy atom. The fourth-order valence-electron chi connectivity index (χ4n) is 4.60. The van der Waals surface area contributed by atoms with Crippen LogP contribution in [0.5, 0.6) is 0 Å². The molecular formula is C24H25NO3. The highest BCUT2D eigenvalue weighted by Crippen LogP contribution is 2.36. The molecule has 28 heavy (non-hydrogen) atoms. The maximum absolute atomic E-state index is 10.9. The lowest BCUT2D eigenvalue weighted by Gasteiger charge is -2.36. The molecule has 2 heterocycles. The SMILES string of the molecule is O=C(O)C1CN(Cc2ccc(-c3cc4cc(C5CCCC5)ccc4o3)cc2)C1. The number of hydrogen-bond acceptors (Lipinski definition) is 3. The summed E-state index contributed by atoms with van der Waals surface area (Å²) in [4.78, 5) is 13.1. The Morgan fingerprint density at radius 1 is 1.04 bits per heavy atom. The number of carbonyl (C=O) groups is 1. The molecule has 1 N–H and O–H groups in total. The van der Waals surface area contributed by atoms with Crippen molar-refractivity contribution in [1.82, 2.24) is 4.90 Å².